The van der Waals surface area contributed by atoms with Gasteiger partial charge in [-0.05, 0) is 30.7 Å². The number of rotatable bonds is 3. The molecule has 1 aromatic rings. The van der Waals surface area contributed by atoms with Gasteiger partial charge in [0.05, 0.1) is 25.9 Å². The minimum atomic E-state index is -0.532. The number of aliphatic hydroxyl groups excluding tert-OH is 1. The largest absolute Gasteiger partial charge is 0.399 e. The lowest BCUT2D eigenvalue weighted by Gasteiger charge is -2.39. The van der Waals surface area contributed by atoms with Gasteiger partial charge in [0.25, 0.3) is 0 Å². The van der Waals surface area contributed by atoms with Crippen LogP contribution in [0.15, 0.2) is 24.3 Å². The van der Waals surface area contributed by atoms with Gasteiger partial charge in [0.15, 0.2) is 5.79 Å². The van der Waals surface area contributed by atoms with Crippen molar-refractivity contribution in [1.29, 1.82) is 0 Å². The molecule has 0 radical (unpaired) electrons. The van der Waals surface area contributed by atoms with E-state index in [9.17, 15) is 5.11 Å². The first-order valence-corrected chi connectivity index (χ1v) is 7.21. The molecule has 5 nitrogen and oxygen atoms in total. The predicted molar refractivity (Wildman–Crippen MR) is 76.1 cm³/mol. The molecule has 0 aliphatic carbocycles. The van der Waals surface area contributed by atoms with Crippen LogP contribution in [0.2, 0.25) is 0 Å². The third-order valence-corrected chi connectivity index (χ3v) is 4.04. The summed E-state index contributed by atoms with van der Waals surface area (Å²) in [6.07, 6.45) is 1.44. The minimum Gasteiger partial charge on any atom is -0.399 e. The normalized spacial score (nSPS) is 24.1. The zero-order chi connectivity index (χ0) is 14.0. The first-order chi connectivity index (χ1) is 9.67. The van der Waals surface area contributed by atoms with Gasteiger partial charge in [-0.25, -0.2) is 0 Å². The second-order valence-electron chi connectivity index (χ2n) is 5.63. The fourth-order valence-corrected chi connectivity index (χ4v) is 3.08. The van der Waals surface area contributed by atoms with E-state index in [0.29, 0.717) is 25.4 Å². The third kappa shape index (κ3) is 2.96. The molecule has 1 spiro atoms. The quantitative estimate of drug-likeness (QED) is 0.812. The molecule has 0 saturated carbocycles. The van der Waals surface area contributed by atoms with Gasteiger partial charge >= 0.3 is 0 Å². The number of nitrogens with two attached hydrogens (primary N) is 1. The molecule has 2 aliphatic rings. The van der Waals surface area contributed by atoms with Crippen LogP contribution < -0.4 is 5.73 Å². The molecule has 2 heterocycles. The summed E-state index contributed by atoms with van der Waals surface area (Å²) in [6.45, 7) is 3.62. The summed E-state index contributed by atoms with van der Waals surface area (Å²) in [5.74, 6) is -0.437. The van der Waals surface area contributed by atoms with Gasteiger partial charge in [-0.1, -0.05) is 12.1 Å². The van der Waals surface area contributed by atoms with E-state index in [2.05, 4.69) is 4.90 Å². The van der Waals surface area contributed by atoms with Crippen molar-refractivity contribution in [2.24, 2.45) is 0 Å². The fraction of sp³-hybridized carbons (Fsp3) is 0.600. The molecule has 2 fully saturated rings. The Morgan fingerprint density at radius 1 is 1.35 bits per heavy atom. The lowest BCUT2D eigenvalue weighted by molar-refractivity contribution is -0.191. The smallest absolute Gasteiger partial charge is 0.181 e. The highest BCUT2D eigenvalue weighted by molar-refractivity contribution is 5.41. The summed E-state index contributed by atoms with van der Waals surface area (Å²) in [5.41, 5.74) is 7.30. The summed E-state index contributed by atoms with van der Waals surface area (Å²) in [7, 11) is 0. The first-order valence-electron chi connectivity index (χ1n) is 7.21. The van der Waals surface area contributed by atoms with Gasteiger partial charge in [0.1, 0.15) is 0 Å². The predicted octanol–water partition coefficient (Wildman–Crippen LogP) is 1.14. The molecular weight excluding hydrogens is 256 g/mol. The van der Waals surface area contributed by atoms with Crippen molar-refractivity contribution >= 4 is 5.69 Å². The molecule has 5 heteroatoms. The maximum Gasteiger partial charge on any atom is 0.181 e. The van der Waals surface area contributed by atoms with E-state index in [1.54, 1.807) is 0 Å². The average molecular weight is 278 g/mol. The molecule has 110 valence electrons. The SMILES string of the molecule is Nc1cccc(C(O)CN2CCCC3(C2)OCCO3)c1. The lowest BCUT2D eigenvalue weighted by atomic mass is 10.0. The Hall–Kier alpha value is -1.14. The van der Waals surface area contributed by atoms with Crippen LogP contribution in [-0.4, -0.2) is 48.6 Å². The Bertz CT molecular complexity index is 460. The van der Waals surface area contributed by atoms with Gasteiger partial charge in [0, 0.05) is 18.7 Å². The number of hydrogen-bond donors (Lipinski definition) is 2. The molecule has 3 rings (SSSR count). The van der Waals surface area contributed by atoms with Crippen molar-refractivity contribution < 1.29 is 14.6 Å². The van der Waals surface area contributed by atoms with Crippen molar-refractivity contribution in [3.05, 3.63) is 29.8 Å². The topological polar surface area (TPSA) is 68.0 Å². The maximum absolute atomic E-state index is 10.3. The van der Waals surface area contributed by atoms with Crippen molar-refractivity contribution in [2.45, 2.75) is 24.7 Å². The number of ether oxygens (including phenoxy) is 2. The Kier molecular flexibility index (Phi) is 3.94. The lowest BCUT2D eigenvalue weighted by Crippen LogP contribution is -2.49. The average Bonchev–Trinajstić information content (AvgIpc) is 2.87. The second-order valence-corrected chi connectivity index (χ2v) is 5.63. The summed E-state index contributed by atoms with van der Waals surface area (Å²) in [5, 5.41) is 10.3. The van der Waals surface area contributed by atoms with Crippen LogP contribution in [0.5, 0.6) is 0 Å². The van der Waals surface area contributed by atoms with Crippen LogP contribution in [0.4, 0.5) is 5.69 Å². The number of nitrogens with zero attached hydrogens (tertiary/aromatic N) is 1. The molecule has 1 unspecified atom stereocenters. The van der Waals surface area contributed by atoms with Crippen LogP contribution in [0.25, 0.3) is 0 Å². The molecule has 1 atom stereocenters. The van der Waals surface area contributed by atoms with Crippen molar-refractivity contribution in [1.82, 2.24) is 4.90 Å². The molecule has 0 amide bonds. The monoisotopic (exact) mass is 278 g/mol. The van der Waals surface area contributed by atoms with Crippen molar-refractivity contribution in [3.8, 4) is 0 Å². The zero-order valence-electron chi connectivity index (χ0n) is 11.6. The van der Waals surface area contributed by atoms with E-state index in [0.717, 1.165) is 31.5 Å². The molecule has 0 aromatic heterocycles. The summed E-state index contributed by atoms with van der Waals surface area (Å²) < 4.78 is 11.5. The van der Waals surface area contributed by atoms with Crippen molar-refractivity contribution in [3.63, 3.8) is 0 Å². The van der Waals surface area contributed by atoms with E-state index in [1.807, 2.05) is 24.3 Å². The molecule has 2 aliphatic heterocycles. The first kappa shape index (κ1) is 13.8. The van der Waals surface area contributed by atoms with E-state index in [-0.39, 0.29) is 0 Å². The van der Waals surface area contributed by atoms with Gasteiger partial charge in [0.2, 0.25) is 0 Å². The van der Waals surface area contributed by atoms with Crippen LogP contribution in [0, 0.1) is 0 Å². The van der Waals surface area contributed by atoms with Gasteiger partial charge in [-0.2, -0.15) is 0 Å². The molecule has 1 aromatic carbocycles. The number of β-amino-alcohol motifs (C(OH)–C–C–N with tert-alkyl or cyclic N) is 1. The van der Waals surface area contributed by atoms with Crippen LogP contribution in [-0.2, 0) is 9.47 Å². The minimum absolute atomic E-state index is 0.437. The number of nitrogen functional groups attached to an aromatic ring is 1. The molecular formula is C15H22N2O3. The van der Waals surface area contributed by atoms with Gasteiger partial charge in [-0.15, -0.1) is 0 Å². The third-order valence-electron chi connectivity index (χ3n) is 4.04. The number of anilines is 1. The standard InChI is InChI=1S/C15H22N2O3/c16-13-4-1-3-12(9-13)14(18)10-17-6-2-5-15(11-17)19-7-8-20-15/h1,3-4,9,14,18H,2,5-8,10-11,16H2. The highest BCUT2D eigenvalue weighted by Crippen LogP contribution is 2.31. The highest BCUT2D eigenvalue weighted by atomic mass is 16.7. The van der Waals surface area contributed by atoms with Gasteiger partial charge < -0.3 is 20.3 Å². The summed E-state index contributed by atoms with van der Waals surface area (Å²) >= 11 is 0. The van der Waals surface area contributed by atoms with E-state index in [1.165, 1.54) is 0 Å². The van der Waals surface area contributed by atoms with Gasteiger partial charge in [-0.3, -0.25) is 4.90 Å². The zero-order valence-corrected chi connectivity index (χ0v) is 11.6. The number of hydrogen-bond acceptors (Lipinski definition) is 5. The van der Waals surface area contributed by atoms with Crippen LogP contribution in [0.3, 0.4) is 0 Å². The highest BCUT2D eigenvalue weighted by Gasteiger charge is 2.40. The molecule has 20 heavy (non-hydrogen) atoms. The number of piperidine rings is 1. The Morgan fingerprint density at radius 2 is 2.15 bits per heavy atom. The number of aliphatic hydroxyl groups is 1. The van der Waals surface area contributed by atoms with Crippen molar-refractivity contribution in [2.75, 3.05) is 38.6 Å². The molecule has 3 N–H and O–H groups in total. The maximum atomic E-state index is 10.3. The molecule has 0 bridgehead atoms. The molecule has 2 saturated heterocycles. The Labute approximate surface area is 119 Å². The van der Waals surface area contributed by atoms with E-state index in [4.69, 9.17) is 15.2 Å². The van der Waals surface area contributed by atoms with E-state index < -0.39 is 11.9 Å². The van der Waals surface area contributed by atoms with Crippen LogP contribution >= 0.6 is 0 Å². The Morgan fingerprint density at radius 3 is 2.90 bits per heavy atom. The number of benzene rings is 1. The summed E-state index contributed by atoms with van der Waals surface area (Å²) in [6, 6.07) is 7.43. The summed E-state index contributed by atoms with van der Waals surface area (Å²) in [4.78, 5) is 2.21. The van der Waals surface area contributed by atoms with E-state index >= 15 is 0 Å². The van der Waals surface area contributed by atoms with Crippen LogP contribution in [0.1, 0.15) is 24.5 Å². The second kappa shape index (κ2) is 5.69. The Balaban J connectivity index is 1.62. The fourth-order valence-electron chi connectivity index (χ4n) is 3.08. The number of likely N-dealkylation sites (tertiary alicyclic amines) is 1.